The number of ether oxygens (including phenoxy) is 1. The molecule has 4 unspecified atom stereocenters. The number of carbonyl (C=O) groups is 2. The first-order valence-electron chi connectivity index (χ1n) is 10.9. The largest absolute Gasteiger partial charge is 0.384 e. The zero-order chi connectivity index (χ0) is 22.9. The Morgan fingerprint density at radius 1 is 1.09 bits per heavy atom. The van der Waals surface area contributed by atoms with Crippen molar-refractivity contribution in [3.05, 3.63) is 23.9 Å². The van der Waals surface area contributed by atoms with Crippen molar-refractivity contribution >= 4 is 23.5 Å². The molecule has 0 aromatic carbocycles. The summed E-state index contributed by atoms with van der Waals surface area (Å²) >= 11 is 0. The van der Waals surface area contributed by atoms with E-state index in [-0.39, 0.29) is 23.9 Å². The SMILES string of the molecule is COC1CC(C(=O)NN=C(N)C2=CC=CCN2)NC(C(=O)NN=C(N)C2CCCCN2)C1. The van der Waals surface area contributed by atoms with Gasteiger partial charge in [0.25, 0.3) is 11.8 Å². The minimum absolute atomic E-state index is 0.0406. The molecule has 4 atom stereocenters. The smallest absolute Gasteiger partial charge is 0.257 e. The molecule has 12 heteroatoms. The van der Waals surface area contributed by atoms with Crippen LogP contribution >= 0.6 is 0 Å². The lowest BCUT2D eigenvalue weighted by Gasteiger charge is -2.33. The summed E-state index contributed by atoms with van der Waals surface area (Å²) in [6.45, 7) is 1.51. The number of piperidine rings is 2. The standard InChI is InChI=1S/C20H33N9O3/c1-32-12-10-15(19(30)28-26-17(21)13-6-2-4-8-23-13)25-16(11-12)20(31)29-27-18(22)14-7-3-5-9-24-14/h2,4,6,12,14-16,23-25H,3,5,7-11H2,1H3,(H2,21,26)(H2,22,27)(H,28,30)(H,29,31). The number of nitrogens with zero attached hydrogens (tertiary/aromatic N) is 2. The van der Waals surface area contributed by atoms with Crippen LogP contribution in [0.2, 0.25) is 0 Å². The van der Waals surface area contributed by atoms with Gasteiger partial charge in [0.05, 0.1) is 29.9 Å². The van der Waals surface area contributed by atoms with Gasteiger partial charge in [-0.25, -0.2) is 10.9 Å². The number of dihydropyridines is 1. The van der Waals surface area contributed by atoms with E-state index >= 15 is 0 Å². The highest BCUT2D eigenvalue weighted by Crippen LogP contribution is 2.17. The maximum Gasteiger partial charge on any atom is 0.257 e. The Morgan fingerprint density at radius 3 is 2.41 bits per heavy atom. The molecule has 0 aromatic heterocycles. The van der Waals surface area contributed by atoms with Crippen LogP contribution in [-0.4, -0.2) is 67.9 Å². The van der Waals surface area contributed by atoms with Crippen LogP contribution < -0.4 is 38.3 Å². The molecule has 2 amide bonds. The van der Waals surface area contributed by atoms with Crippen molar-refractivity contribution < 1.29 is 14.3 Å². The summed E-state index contributed by atoms with van der Waals surface area (Å²) in [4.78, 5) is 25.3. The van der Waals surface area contributed by atoms with Crippen molar-refractivity contribution in [3.8, 4) is 0 Å². The van der Waals surface area contributed by atoms with Gasteiger partial charge >= 0.3 is 0 Å². The highest BCUT2D eigenvalue weighted by Gasteiger charge is 2.36. The first kappa shape index (κ1) is 23.7. The number of amidine groups is 2. The van der Waals surface area contributed by atoms with E-state index in [0.29, 0.717) is 30.9 Å². The molecule has 0 saturated carbocycles. The number of amides is 2. The zero-order valence-corrected chi connectivity index (χ0v) is 18.3. The van der Waals surface area contributed by atoms with E-state index in [1.807, 2.05) is 12.2 Å². The van der Waals surface area contributed by atoms with E-state index in [1.54, 1.807) is 13.2 Å². The number of hydrogen-bond donors (Lipinski definition) is 7. The number of rotatable bonds is 7. The summed E-state index contributed by atoms with van der Waals surface area (Å²) in [5.41, 5.74) is 17.5. The van der Waals surface area contributed by atoms with Gasteiger partial charge in [-0.1, -0.05) is 18.6 Å². The summed E-state index contributed by atoms with van der Waals surface area (Å²) in [6.07, 6.45) is 9.11. The molecule has 0 spiro atoms. The van der Waals surface area contributed by atoms with Gasteiger partial charge in [0.1, 0.15) is 5.84 Å². The first-order chi connectivity index (χ1) is 15.5. The third-order valence-electron chi connectivity index (χ3n) is 5.70. The number of allylic oxidation sites excluding steroid dienone is 2. The predicted molar refractivity (Wildman–Crippen MR) is 121 cm³/mol. The lowest BCUT2D eigenvalue weighted by Crippen LogP contribution is -2.58. The minimum Gasteiger partial charge on any atom is -0.384 e. The number of hydrogen-bond acceptors (Lipinski definition) is 8. The fraction of sp³-hybridized carbons (Fsp3) is 0.600. The summed E-state index contributed by atoms with van der Waals surface area (Å²) < 4.78 is 5.44. The zero-order valence-electron chi connectivity index (χ0n) is 18.3. The molecule has 0 aliphatic carbocycles. The van der Waals surface area contributed by atoms with Gasteiger partial charge in [-0.3, -0.25) is 14.9 Å². The average molecular weight is 448 g/mol. The molecule has 2 fully saturated rings. The molecule has 3 heterocycles. The summed E-state index contributed by atoms with van der Waals surface area (Å²) in [7, 11) is 1.55. The lowest BCUT2D eigenvalue weighted by atomic mass is 9.95. The van der Waals surface area contributed by atoms with Crippen LogP contribution in [0.4, 0.5) is 0 Å². The number of carbonyl (C=O) groups excluding carboxylic acids is 2. The Balaban J connectivity index is 1.57. The quantitative estimate of drug-likeness (QED) is 0.134. The second-order valence-electron chi connectivity index (χ2n) is 7.98. The highest BCUT2D eigenvalue weighted by molar-refractivity contribution is 5.98. The Morgan fingerprint density at radius 2 is 1.81 bits per heavy atom. The Bertz CT molecular complexity index is 802. The summed E-state index contributed by atoms with van der Waals surface area (Å²) in [6, 6.07) is -1.40. The van der Waals surface area contributed by atoms with Gasteiger partial charge in [-0.15, -0.1) is 0 Å². The average Bonchev–Trinajstić information content (AvgIpc) is 2.86. The highest BCUT2D eigenvalue weighted by atomic mass is 16.5. The van der Waals surface area contributed by atoms with Crippen molar-refractivity contribution in [2.45, 2.75) is 56.3 Å². The van der Waals surface area contributed by atoms with Crippen LogP contribution in [0.3, 0.4) is 0 Å². The van der Waals surface area contributed by atoms with Gasteiger partial charge in [0, 0.05) is 13.7 Å². The van der Waals surface area contributed by atoms with Crippen molar-refractivity contribution in [3.63, 3.8) is 0 Å². The molecule has 3 aliphatic rings. The third kappa shape index (κ3) is 6.52. The molecule has 3 aliphatic heterocycles. The second-order valence-corrected chi connectivity index (χ2v) is 7.98. The van der Waals surface area contributed by atoms with E-state index in [1.165, 1.54) is 0 Å². The fourth-order valence-corrected chi connectivity index (χ4v) is 3.83. The van der Waals surface area contributed by atoms with Crippen LogP contribution in [0.15, 0.2) is 34.1 Å². The predicted octanol–water partition coefficient (Wildman–Crippen LogP) is -1.92. The minimum atomic E-state index is -0.685. The van der Waals surface area contributed by atoms with Crippen molar-refractivity contribution in [1.29, 1.82) is 0 Å². The molecule has 176 valence electrons. The van der Waals surface area contributed by atoms with Crippen molar-refractivity contribution in [1.82, 2.24) is 26.8 Å². The lowest BCUT2D eigenvalue weighted by molar-refractivity contribution is -0.129. The van der Waals surface area contributed by atoms with Crippen LogP contribution in [0.25, 0.3) is 0 Å². The molecule has 0 radical (unpaired) electrons. The maximum atomic E-state index is 12.7. The Labute approximate surface area is 187 Å². The fourth-order valence-electron chi connectivity index (χ4n) is 3.83. The van der Waals surface area contributed by atoms with E-state index in [2.05, 4.69) is 37.0 Å². The van der Waals surface area contributed by atoms with E-state index in [0.717, 1.165) is 25.8 Å². The van der Waals surface area contributed by atoms with Crippen molar-refractivity contribution in [2.75, 3.05) is 20.2 Å². The topological polar surface area (TPSA) is 180 Å². The summed E-state index contributed by atoms with van der Waals surface area (Å²) in [5.74, 6) is -0.280. The molecule has 32 heavy (non-hydrogen) atoms. The Hall–Kier alpha value is -2.96. The molecule has 0 bridgehead atoms. The normalized spacial score (nSPS) is 29.0. The molecule has 2 saturated heterocycles. The van der Waals surface area contributed by atoms with Crippen LogP contribution in [0.1, 0.15) is 32.1 Å². The van der Waals surface area contributed by atoms with Gasteiger partial charge in [-0.05, 0) is 38.3 Å². The van der Waals surface area contributed by atoms with Gasteiger partial charge in [0.2, 0.25) is 0 Å². The van der Waals surface area contributed by atoms with Crippen molar-refractivity contribution in [2.24, 2.45) is 21.7 Å². The number of nitrogens with one attached hydrogen (secondary N) is 5. The van der Waals surface area contributed by atoms with E-state index in [4.69, 9.17) is 16.2 Å². The number of hydrazone groups is 2. The molecular formula is C20H33N9O3. The van der Waals surface area contributed by atoms with E-state index in [9.17, 15) is 9.59 Å². The monoisotopic (exact) mass is 447 g/mol. The maximum absolute atomic E-state index is 12.7. The number of methoxy groups -OCH3 is 1. The van der Waals surface area contributed by atoms with Crippen LogP contribution in [-0.2, 0) is 14.3 Å². The summed E-state index contributed by atoms with van der Waals surface area (Å²) in [5, 5.41) is 17.4. The van der Waals surface area contributed by atoms with E-state index < -0.39 is 18.0 Å². The Kier molecular flexibility index (Phi) is 8.59. The molecular weight excluding hydrogens is 414 g/mol. The third-order valence-corrected chi connectivity index (χ3v) is 5.70. The number of nitrogens with two attached hydrogens (primary N) is 2. The van der Waals surface area contributed by atoms with Crippen LogP contribution in [0.5, 0.6) is 0 Å². The first-order valence-corrected chi connectivity index (χ1v) is 10.9. The molecule has 0 aromatic rings. The molecule has 9 N–H and O–H groups in total. The van der Waals surface area contributed by atoms with Gasteiger partial charge < -0.3 is 26.8 Å². The van der Waals surface area contributed by atoms with Crippen LogP contribution in [0, 0.1) is 0 Å². The molecule has 3 rings (SSSR count). The van der Waals surface area contributed by atoms with Gasteiger partial charge in [0.15, 0.2) is 5.84 Å². The molecule has 12 nitrogen and oxygen atoms in total. The van der Waals surface area contributed by atoms with Gasteiger partial charge in [-0.2, -0.15) is 10.2 Å². The second kappa shape index (κ2) is 11.6.